The molecule has 2 unspecified atom stereocenters. The van der Waals surface area contributed by atoms with Crippen LogP contribution in [0.15, 0.2) is 17.5 Å². The zero-order valence-electron chi connectivity index (χ0n) is 10.0. The van der Waals surface area contributed by atoms with Crippen molar-refractivity contribution < 1.29 is 5.11 Å². The van der Waals surface area contributed by atoms with Gasteiger partial charge in [-0.05, 0) is 36.1 Å². The van der Waals surface area contributed by atoms with Crippen molar-refractivity contribution in [1.82, 2.24) is 5.32 Å². The molecule has 0 saturated heterocycles. The summed E-state index contributed by atoms with van der Waals surface area (Å²) < 4.78 is 0. The van der Waals surface area contributed by atoms with Crippen molar-refractivity contribution in [1.29, 1.82) is 0 Å². The van der Waals surface area contributed by atoms with Gasteiger partial charge >= 0.3 is 0 Å². The SMILES string of the molecule is CC(C)C(O)CNC(c1cccs1)C1CC1. The van der Waals surface area contributed by atoms with Gasteiger partial charge in [0.25, 0.3) is 0 Å². The quantitative estimate of drug-likeness (QED) is 0.800. The first-order valence-electron chi connectivity index (χ1n) is 6.13. The molecule has 16 heavy (non-hydrogen) atoms. The summed E-state index contributed by atoms with van der Waals surface area (Å²) in [5.74, 6) is 1.12. The maximum absolute atomic E-state index is 9.82. The van der Waals surface area contributed by atoms with E-state index in [0.717, 1.165) is 5.92 Å². The summed E-state index contributed by atoms with van der Waals surface area (Å²) in [5, 5.41) is 15.5. The third-order valence-corrected chi connectivity index (χ3v) is 4.21. The maximum Gasteiger partial charge on any atom is 0.0687 e. The van der Waals surface area contributed by atoms with E-state index < -0.39 is 0 Å². The molecule has 1 saturated carbocycles. The molecule has 1 aliphatic carbocycles. The van der Waals surface area contributed by atoms with Crippen molar-refractivity contribution in [2.75, 3.05) is 6.54 Å². The number of hydrogen-bond donors (Lipinski definition) is 2. The van der Waals surface area contributed by atoms with E-state index in [4.69, 9.17) is 0 Å². The predicted octanol–water partition coefficient (Wildman–Crippen LogP) is 2.81. The number of hydrogen-bond acceptors (Lipinski definition) is 3. The van der Waals surface area contributed by atoms with Crippen LogP contribution in [0.2, 0.25) is 0 Å². The molecule has 1 fully saturated rings. The van der Waals surface area contributed by atoms with Crippen LogP contribution in [0.5, 0.6) is 0 Å². The average Bonchev–Trinajstić information content (AvgIpc) is 2.93. The Morgan fingerprint density at radius 1 is 1.50 bits per heavy atom. The average molecular weight is 239 g/mol. The summed E-state index contributed by atoms with van der Waals surface area (Å²) in [5.41, 5.74) is 0. The van der Waals surface area contributed by atoms with Crippen LogP contribution in [0.3, 0.4) is 0 Å². The van der Waals surface area contributed by atoms with Crippen LogP contribution in [0.1, 0.15) is 37.6 Å². The lowest BCUT2D eigenvalue weighted by Gasteiger charge is -2.21. The Balaban J connectivity index is 1.89. The Hall–Kier alpha value is -0.380. The summed E-state index contributed by atoms with van der Waals surface area (Å²) >= 11 is 1.82. The van der Waals surface area contributed by atoms with Gasteiger partial charge in [-0.2, -0.15) is 0 Å². The Bertz CT molecular complexity index is 306. The van der Waals surface area contributed by atoms with E-state index in [1.54, 1.807) is 0 Å². The lowest BCUT2D eigenvalue weighted by molar-refractivity contribution is 0.119. The second-order valence-corrected chi connectivity index (χ2v) is 6.03. The molecule has 2 nitrogen and oxygen atoms in total. The largest absolute Gasteiger partial charge is 0.392 e. The van der Waals surface area contributed by atoms with E-state index in [1.165, 1.54) is 17.7 Å². The second kappa shape index (κ2) is 5.30. The lowest BCUT2D eigenvalue weighted by Crippen LogP contribution is -2.33. The fourth-order valence-electron chi connectivity index (χ4n) is 1.88. The predicted molar refractivity (Wildman–Crippen MR) is 68.6 cm³/mol. The smallest absolute Gasteiger partial charge is 0.0687 e. The van der Waals surface area contributed by atoms with Gasteiger partial charge < -0.3 is 10.4 Å². The Labute approximate surface area is 102 Å². The van der Waals surface area contributed by atoms with Crippen LogP contribution < -0.4 is 5.32 Å². The zero-order valence-corrected chi connectivity index (χ0v) is 10.8. The van der Waals surface area contributed by atoms with Gasteiger partial charge in [-0.25, -0.2) is 0 Å². The summed E-state index contributed by atoms with van der Waals surface area (Å²) in [6.07, 6.45) is 2.42. The van der Waals surface area contributed by atoms with Crippen molar-refractivity contribution in [2.45, 2.75) is 38.8 Å². The fourth-order valence-corrected chi connectivity index (χ4v) is 2.77. The molecule has 1 aromatic heterocycles. The van der Waals surface area contributed by atoms with Crippen LogP contribution in [0.4, 0.5) is 0 Å². The molecular formula is C13H21NOS. The normalized spacial score (nSPS) is 20.0. The molecule has 2 atom stereocenters. The minimum atomic E-state index is -0.235. The van der Waals surface area contributed by atoms with E-state index in [-0.39, 0.29) is 6.10 Å². The standard InChI is InChI=1S/C13H21NOS/c1-9(2)11(15)8-14-13(10-5-6-10)12-4-3-7-16-12/h3-4,7,9-11,13-15H,5-6,8H2,1-2H3. The molecule has 90 valence electrons. The van der Waals surface area contributed by atoms with Gasteiger partial charge in [0.05, 0.1) is 6.10 Å². The maximum atomic E-state index is 9.82. The number of aliphatic hydroxyl groups excluding tert-OH is 1. The highest BCUT2D eigenvalue weighted by molar-refractivity contribution is 7.10. The van der Waals surface area contributed by atoms with E-state index in [9.17, 15) is 5.11 Å². The minimum absolute atomic E-state index is 0.235. The molecule has 2 N–H and O–H groups in total. The topological polar surface area (TPSA) is 32.3 Å². The van der Waals surface area contributed by atoms with Crippen LogP contribution in [0, 0.1) is 11.8 Å². The van der Waals surface area contributed by atoms with Crippen LogP contribution in [-0.2, 0) is 0 Å². The van der Waals surface area contributed by atoms with Gasteiger partial charge in [0, 0.05) is 17.5 Å². The molecule has 0 amide bonds. The molecule has 0 spiro atoms. The molecule has 1 aromatic rings. The van der Waals surface area contributed by atoms with Gasteiger partial charge in [0.1, 0.15) is 0 Å². The first kappa shape index (κ1) is 12.1. The molecule has 0 aliphatic heterocycles. The molecule has 0 radical (unpaired) electrons. The molecule has 2 rings (SSSR count). The minimum Gasteiger partial charge on any atom is -0.392 e. The third kappa shape index (κ3) is 3.06. The highest BCUT2D eigenvalue weighted by atomic mass is 32.1. The number of aliphatic hydroxyl groups is 1. The Morgan fingerprint density at radius 3 is 2.75 bits per heavy atom. The van der Waals surface area contributed by atoms with Crippen molar-refractivity contribution in [3.05, 3.63) is 22.4 Å². The van der Waals surface area contributed by atoms with E-state index >= 15 is 0 Å². The first-order chi connectivity index (χ1) is 7.68. The van der Waals surface area contributed by atoms with Crippen molar-refractivity contribution >= 4 is 11.3 Å². The van der Waals surface area contributed by atoms with E-state index in [0.29, 0.717) is 18.5 Å². The third-order valence-electron chi connectivity index (χ3n) is 3.26. The fraction of sp³-hybridized carbons (Fsp3) is 0.692. The van der Waals surface area contributed by atoms with Gasteiger partial charge in [0.15, 0.2) is 0 Å². The highest BCUT2D eigenvalue weighted by Gasteiger charge is 2.32. The van der Waals surface area contributed by atoms with Crippen molar-refractivity contribution in [3.63, 3.8) is 0 Å². The second-order valence-electron chi connectivity index (χ2n) is 5.05. The zero-order chi connectivity index (χ0) is 11.5. The monoisotopic (exact) mass is 239 g/mol. The molecule has 0 bridgehead atoms. The lowest BCUT2D eigenvalue weighted by atomic mass is 10.1. The number of thiophene rings is 1. The van der Waals surface area contributed by atoms with Crippen molar-refractivity contribution in [3.8, 4) is 0 Å². The highest BCUT2D eigenvalue weighted by Crippen LogP contribution is 2.42. The molecule has 1 heterocycles. The number of rotatable bonds is 6. The van der Waals surface area contributed by atoms with Gasteiger partial charge in [-0.3, -0.25) is 0 Å². The Kier molecular flexibility index (Phi) is 4.00. The molecule has 1 aliphatic rings. The van der Waals surface area contributed by atoms with Crippen LogP contribution in [0.25, 0.3) is 0 Å². The van der Waals surface area contributed by atoms with Gasteiger partial charge in [0.2, 0.25) is 0 Å². The van der Waals surface area contributed by atoms with Crippen LogP contribution in [-0.4, -0.2) is 17.8 Å². The van der Waals surface area contributed by atoms with Gasteiger partial charge in [-0.15, -0.1) is 11.3 Å². The van der Waals surface area contributed by atoms with E-state index in [1.807, 2.05) is 11.3 Å². The molecule has 0 aromatic carbocycles. The molecular weight excluding hydrogens is 218 g/mol. The van der Waals surface area contributed by atoms with Gasteiger partial charge in [-0.1, -0.05) is 19.9 Å². The Morgan fingerprint density at radius 2 is 2.25 bits per heavy atom. The van der Waals surface area contributed by atoms with Crippen molar-refractivity contribution in [2.24, 2.45) is 11.8 Å². The van der Waals surface area contributed by atoms with E-state index in [2.05, 4.69) is 36.7 Å². The van der Waals surface area contributed by atoms with Crippen LogP contribution >= 0.6 is 11.3 Å². The molecule has 3 heteroatoms. The number of nitrogens with one attached hydrogen (secondary N) is 1. The summed E-state index contributed by atoms with van der Waals surface area (Å²) in [4.78, 5) is 1.42. The summed E-state index contributed by atoms with van der Waals surface area (Å²) in [7, 11) is 0. The summed E-state index contributed by atoms with van der Waals surface area (Å²) in [6, 6.07) is 4.77. The summed E-state index contributed by atoms with van der Waals surface area (Å²) in [6.45, 7) is 4.82. The first-order valence-corrected chi connectivity index (χ1v) is 7.01.